The first kappa shape index (κ1) is 25.8. The summed E-state index contributed by atoms with van der Waals surface area (Å²) < 4.78 is 0. The van der Waals surface area contributed by atoms with Gasteiger partial charge in [-0.25, -0.2) is 0 Å². The van der Waals surface area contributed by atoms with E-state index in [4.69, 9.17) is 23.2 Å². The Morgan fingerprint density at radius 2 is 1.41 bits per heavy atom. The zero-order valence-electron chi connectivity index (χ0n) is 19.5. The molecule has 3 rings (SSSR count). The van der Waals surface area contributed by atoms with Gasteiger partial charge in [-0.2, -0.15) is 0 Å². The second-order valence-corrected chi connectivity index (χ2v) is 9.22. The first-order valence-corrected chi connectivity index (χ1v) is 12.2. The van der Waals surface area contributed by atoms with Gasteiger partial charge < -0.3 is 10.2 Å². The molecule has 3 aromatic carbocycles. The van der Waals surface area contributed by atoms with E-state index in [1.807, 2.05) is 74.5 Å². The molecule has 178 valence electrons. The van der Waals surface area contributed by atoms with Crippen molar-refractivity contribution in [1.82, 2.24) is 10.2 Å². The zero-order valence-corrected chi connectivity index (χ0v) is 21.0. The van der Waals surface area contributed by atoms with E-state index >= 15 is 0 Å². The second-order valence-electron chi connectivity index (χ2n) is 8.41. The Hall–Kier alpha value is -2.82. The molecular formula is C28H30Cl2N2O2. The Kier molecular flexibility index (Phi) is 9.55. The van der Waals surface area contributed by atoms with E-state index < -0.39 is 6.04 Å². The third kappa shape index (κ3) is 7.09. The van der Waals surface area contributed by atoms with Crippen LogP contribution in [0.1, 0.15) is 37.0 Å². The summed E-state index contributed by atoms with van der Waals surface area (Å²) in [6, 6.07) is 23.8. The molecule has 6 heteroatoms. The highest BCUT2D eigenvalue weighted by Crippen LogP contribution is 2.27. The monoisotopic (exact) mass is 496 g/mol. The smallest absolute Gasteiger partial charge is 0.243 e. The van der Waals surface area contributed by atoms with Gasteiger partial charge in [-0.3, -0.25) is 9.59 Å². The van der Waals surface area contributed by atoms with Gasteiger partial charge in [0.2, 0.25) is 11.8 Å². The van der Waals surface area contributed by atoms with Crippen molar-refractivity contribution in [1.29, 1.82) is 0 Å². The first-order chi connectivity index (χ1) is 16.4. The number of carbonyl (C=O) groups excluding carboxylic acids is 2. The highest BCUT2D eigenvalue weighted by molar-refractivity contribution is 6.36. The van der Waals surface area contributed by atoms with Crippen LogP contribution in [0.3, 0.4) is 0 Å². The molecule has 0 heterocycles. The number of halogens is 2. The molecule has 4 nitrogen and oxygen atoms in total. The van der Waals surface area contributed by atoms with Gasteiger partial charge in [0.25, 0.3) is 0 Å². The van der Waals surface area contributed by atoms with Crippen molar-refractivity contribution in [2.24, 2.45) is 0 Å². The maximum atomic E-state index is 13.7. The third-order valence-corrected chi connectivity index (χ3v) is 6.57. The van der Waals surface area contributed by atoms with Gasteiger partial charge in [0.1, 0.15) is 6.04 Å². The van der Waals surface area contributed by atoms with Crippen LogP contribution in [-0.4, -0.2) is 28.8 Å². The van der Waals surface area contributed by atoms with Crippen LogP contribution in [-0.2, 0) is 29.0 Å². The van der Waals surface area contributed by atoms with Crippen molar-refractivity contribution in [2.75, 3.05) is 0 Å². The van der Waals surface area contributed by atoms with Crippen LogP contribution in [0.2, 0.25) is 10.0 Å². The van der Waals surface area contributed by atoms with Crippen LogP contribution in [0.25, 0.3) is 0 Å². The van der Waals surface area contributed by atoms with Crippen molar-refractivity contribution in [3.05, 3.63) is 106 Å². The second kappa shape index (κ2) is 12.6. The average Bonchev–Trinajstić information content (AvgIpc) is 2.84. The van der Waals surface area contributed by atoms with Gasteiger partial charge in [0.15, 0.2) is 0 Å². The molecule has 0 aliphatic rings. The quantitative estimate of drug-likeness (QED) is 0.369. The zero-order chi connectivity index (χ0) is 24.5. The molecule has 0 spiro atoms. The van der Waals surface area contributed by atoms with E-state index in [-0.39, 0.29) is 30.8 Å². The summed E-state index contributed by atoms with van der Waals surface area (Å²) >= 11 is 12.9. The van der Waals surface area contributed by atoms with E-state index in [2.05, 4.69) is 5.32 Å². The summed E-state index contributed by atoms with van der Waals surface area (Å²) in [5.41, 5.74) is 2.47. The van der Waals surface area contributed by atoms with Crippen molar-refractivity contribution < 1.29 is 9.59 Å². The van der Waals surface area contributed by atoms with E-state index in [1.54, 1.807) is 23.1 Å². The first-order valence-electron chi connectivity index (χ1n) is 11.5. The largest absolute Gasteiger partial charge is 0.352 e. The summed E-state index contributed by atoms with van der Waals surface area (Å²) in [5.74, 6) is -0.356. The Morgan fingerprint density at radius 3 is 1.97 bits per heavy atom. The third-order valence-electron chi connectivity index (χ3n) is 5.86. The van der Waals surface area contributed by atoms with Gasteiger partial charge in [-0.1, -0.05) is 96.9 Å². The maximum absolute atomic E-state index is 13.7. The molecule has 3 aromatic rings. The lowest BCUT2D eigenvalue weighted by Crippen LogP contribution is -2.52. The van der Waals surface area contributed by atoms with Gasteiger partial charge >= 0.3 is 0 Å². The van der Waals surface area contributed by atoms with Crippen LogP contribution in [0.15, 0.2) is 78.9 Å². The predicted octanol–water partition coefficient (Wildman–Crippen LogP) is 6.09. The highest BCUT2D eigenvalue weighted by atomic mass is 35.5. The molecule has 0 aliphatic heterocycles. The topological polar surface area (TPSA) is 49.4 Å². The molecule has 0 saturated heterocycles. The number of benzene rings is 3. The minimum atomic E-state index is -0.722. The van der Waals surface area contributed by atoms with Crippen molar-refractivity contribution in [3.63, 3.8) is 0 Å². The lowest BCUT2D eigenvalue weighted by molar-refractivity contribution is -0.141. The fourth-order valence-electron chi connectivity index (χ4n) is 3.72. The number of carbonyl (C=O) groups is 2. The average molecular weight is 497 g/mol. The van der Waals surface area contributed by atoms with Crippen LogP contribution in [0.4, 0.5) is 0 Å². The molecule has 0 fully saturated rings. The number of nitrogens with one attached hydrogen (secondary N) is 1. The summed E-state index contributed by atoms with van der Waals surface area (Å²) in [4.78, 5) is 28.8. The fourth-order valence-corrected chi connectivity index (χ4v) is 4.24. The minimum Gasteiger partial charge on any atom is -0.352 e. The minimum absolute atomic E-state index is 0.0132. The van der Waals surface area contributed by atoms with E-state index in [0.717, 1.165) is 17.5 Å². The Balaban J connectivity index is 2.01. The van der Waals surface area contributed by atoms with Gasteiger partial charge in [0.05, 0.1) is 6.42 Å². The van der Waals surface area contributed by atoms with Gasteiger partial charge in [0, 0.05) is 34.6 Å². The van der Waals surface area contributed by atoms with Crippen LogP contribution in [0, 0.1) is 0 Å². The Bertz CT molecular complexity index is 1070. The van der Waals surface area contributed by atoms with E-state index in [0.29, 0.717) is 22.0 Å². The van der Waals surface area contributed by atoms with Crippen LogP contribution < -0.4 is 5.32 Å². The van der Waals surface area contributed by atoms with Gasteiger partial charge in [-0.15, -0.1) is 0 Å². The molecule has 0 saturated carbocycles. The predicted molar refractivity (Wildman–Crippen MR) is 139 cm³/mol. The molecule has 1 N–H and O–H groups in total. The van der Waals surface area contributed by atoms with Crippen molar-refractivity contribution >= 4 is 35.0 Å². The molecule has 0 aromatic heterocycles. The summed E-state index contributed by atoms with van der Waals surface area (Å²) in [6.07, 6.45) is 1.34. The Morgan fingerprint density at radius 1 is 0.853 bits per heavy atom. The number of hydrogen-bond donors (Lipinski definition) is 1. The molecular weight excluding hydrogens is 467 g/mol. The number of amides is 2. The van der Waals surface area contributed by atoms with Crippen LogP contribution >= 0.6 is 23.2 Å². The lowest BCUT2D eigenvalue weighted by Gasteiger charge is -2.33. The van der Waals surface area contributed by atoms with Crippen molar-refractivity contribution in [3.8, 4) is 0 Å². The molecule has 0 bridgehead atoms. The van der Waals surface area contributed by atoms with Gasteiger partial charge in [-0.05, 0) is 36.6 Å². The summed E-state index contributed by atoms with van der Waals surface area (Å²) in [6.45, 7) is 4.10. The number of hydrogen-bond acceptors (Lipinski definition) is 2. The molecule has 34 heavy (non-hydrogen) atoms. The fraction of sp³-hybridized carbons (Fsp3) is 0.286. The molecule has 0 aliphatic carbocycles. The SMILES string of the molecule is CC[C@@H](C)NC(=O)[C@H](Cc1ccccc1)N(Cc1c(Cl)cccc1Cl)C(=O)Cc1ccccc1. The van der Waals surface area contributed by atoms with E-state index in [9.17, 15) is 9.59 Å². The molecule has 0 radical (unpaired) electrons. The molecule has 0 unspecified atom stereocenters. The van der Waals surface area contributed by atoms with Crippen molar-refractivity contribution in [2.45, 2.75) is 51.7 Å². The molecule has 2 atom stereocenters. The standard InChI is InChI=1S/C28H30Cl2N2O2/c1-3-20(2)31-28(34)26(17-21-11-6-4-7-12-21)32(19-23-24(29)15-10-16-25(23)30)27(33)18-22-13-8-5-9-14-22/h4-16,20,26H,3,17-19H2,1-2H3,(H,31,34)/t20-,26+/m1/s1. The highest BCUT2D eigenvalue weighted by Gasteiger charge is 2.31. The molecule has 2 amide bonds. The maximum Gasteiger partial charge on any atom is 0.243 e. The summed E-state index contributed by atoms with van der Waals surface area (Å²) in [7, 11) is 0. The van der Waals surface area contributed by atoms with E-state index in [1.165, 1.54) is 0 Å². The lowest BCUT2D eigenvalue weighted by atomic mass is 10.0. The Labute approximate surface area is 211 Å². The van der Waals surface area contributed by atoms with Crippen LogP contribution in [0.5, 0.6) is 0 Å². The number of rotatable bonds is 10. The summed E-state index contributed by atoms with van der Waals surface area (Å²) in [5, 5.41) is 3.99. The normalized spacial score (nSPS) is 12.6. The number of nitrogens with zero attached hydrogens (tertiary/aromatic N) is 1.